The van der Waals surface area contributed by atoms with E-state index in [0.29, 0.717) is 6.54 Å². The number of carbonyl (C=O) groups is 1. The number of amides is 2. The van der Waals surface area contributed by atoms with E-state index in [2.05, 4.69) is 20.5 Å². The standard InChI is InChI=1S/C18H22N4O2S/c1-24-16-4-2-15(3-5-16)21-18(23)20-13-14-6-7-19-17(12-14)22-8-10-25-11-9-22/h2-7,12H,8-11,13H2,1H3,(H2,20,21,23). The number of ether oxygens (including phenoxy) is 1. The Morgan fingerprint density at radius 1 is 1.24 bits per heavy atom. The Balaban J connectivity index is 1.52. The average molecular weight is 358 g/mol. The van der Waals surface area contributed by atoms with E-state index in [1.165, 1.54) is 0 Å². The number of hydrogen-bond acceptors (Lipinski definition) is 5. The molecule has 0 spiro atoms. The number of carbonyl (C=O) groups excluding carboxylic acids is 1. The Morgan fingerprint density at radius 3 is 2.72 bits per heavy atom. The third-order valence-electron chi connectivity index (χ3n) is 3.95. The van der Waals surface area contributed by atoms with E-state index in [1.54, 1.807) is 25.4 Å². The van der Waals surface area contributed by atoms with Gasteiger partial charge in [-0.15, -0.1) is 0 Å². The van der Waals surface area contributed by atoms with Gasteiger partial charge in [-0.05, 0) is 42.0 Å². The predicted molar refractivity (Wildman–Crippen MR) is 103 cm³/mol. The smallest absolute Gasteiger partial charge is 0.319 e. The normalized spacial score (nSPS) is 14.0. The number of anilines is 2. The van der Waals surface area contributed by atoms with Gasteiger partial charge in [-0.3, -0.25) is 0 Å². The largest absolute Gasteiger partial charge is 0.497 e. The van der Waals surface area contributed by atoms with E-state index in [4.69, 9.17) is 4.74 Å². The number of nitrogens with zero attached hydrogens (tertiary/aromatic N) is 2. The van der Waals surface area contributed by atoms with Gasteiger partial charge in [0.15, 0.2) is 0 Å². The molecule has 1 aliphatic heterocycles. The molecule has 0 atom stereocenters. The molecule has 7 heteroatoms. The fourth-order valence-electron chi connectivity index (χ4n) is 2.57. The number of hydrogen-bond donors (Lipinski definition) is 2. The minimum atomic E-state index is -0.238. The van der Waals surface area contributed by atoms with Crippen molar-refractivity contribution in [3.05, 3.63) is 48.2 Å². The van der Waals surface area contributed by atoms with Crippen LogP contribution in [-0.4, -0.2) is 42.7 Å². The minimum Gasteiger partial charge on any atom is -0.497 e. The first-order chi connectivity index (χ1) is 12.2. The minimum absolute atomic E-state index is 0.238. The molecular formula is C18H22N4O2S. The van der Waals surface area contributed by atoms with E-state index in [9.17, 15) is 4.79 Å². The van der Waals surface area contributed by atoms with Gasteiger partial charge >= 0.3 is 6.03 Å². The van der Waals surface area contributed by atoms with E-state index in [0.717, 1.165) is 47.4 Å². The van der Waals surface area contributed by atoms with Gasteiger partial charge in [0.05, 0.1) is 7.11 Å². The lowest BCUT2D eigenvalue weighted by Crippen LogP contribution is -2.33. The molecule has 25 heavy (non-hydrogen) atoms. The Labute approximate surface area is 152 Å². The molecule has 6 nitrogen and oxygen atoms in total. The van der Waals surface area contributed by atoms with Gasteiger partial charge in [0.1, 0.15) is 11.6 Å². The Kier molecular flexibility index (Phi) is 6.00. The molecule has 2 N–H and O–H groups in total. The van der Waals surface area contributed by atoms with Crippen LogP contribution in [0.15, 0.2) is 42.6 Å². The van der Waals surface area contributed by atoms with Crippen molar-refractivity contribution in [2.45, 2.75) is 6.54 Å². The van der Waals surface area contributed by atoms with Crippen LogP contribution in [-0.2, 0) is 6.54 Å². The fraction of sp³-hybridized carbons (Fsp3) is 0.333. The van der Waals surface area contributed by atoms with Crippen molar-refractivity contribution in [2.24, 2.45) is 0 Å². The third kappa shape index (κ3) is 5.03. The molecule has 0 unspecified atom stereocenters. The number of nitrogens with one attached hydrogen (secondary N) is 2. The molecule has 132 valence electrons. The maximum atomic E-state index is 12.0. The molecular weight excluding hydrogens is 336 g/mol. The summed E-state index contributed by atoms with van der Waals surface area (Å²) in [6, 6.07) is 11.0. The van der Waals surface area contributed by atoms with Crippen molar-refractivity contribution in [3.8, 4) is 5.75 Å². The predicted octanol–water partition coefficient (Wildman–Crippen LogP) is 2.97. The van der Waals surface area contributed by atoms with Crippen molar-refractivity contribution < 1.29 is 9.53 Å². The van der Waals surface area contributed by atoms with Crippen LogP contribution in [0.4, 0.5) is 16.3 Å². The summed E-state index contributed by atoms with van der Waals surface area (Å²) in [6.45, 7) is 2.50. The van der Waals surface area contributed by atoms with Crippen LogP contribution in [0, 0.1) is 0 Å². The van der Waals surface area contributed by atoms with Gasteiger partial charge in [-0.2, -0.15) is 11.8 Å². The Bertz CT molecular complexity index is 702. The number of pyridine rings is 1. The molecule has 1 aromatic carbocycles. The number of urea groups is 1. The zero-order valence-electron chi connectivity index (χ0n) is 14.2. The molecule has 0 radical (unpaired) electrons. The van der Waals surface area contributed by atoms with Crippen molar-refractivity contribution in [3.63, 3.8) is 0 Å². The van der Waals surface area contributed by atoms with Crippen LogP contribution in [0.25, 0.3) is 0 Å². The summed E-state index contributed by atoms with van der Waals surface area (Å²) in [7, 11) is 1.61. The summed E-state index contributed by atoms with van der Waals surface area (Å²) in [5.74, 6) is 4.00. The van der Waals surface area contributed by atoms with Crippen LogP contribution in [0.1, 0.15) is 5.56 Å². The van der Waals surface area contributed by atoms with Gasteiger partial charge in [-0.1, -0.05) is 0 Å². The summed E-state index contributed by atoms with van der Waals surface area (Å²) < 4.78 is 5.10. The second-order valence-corrected chi connectivity index (χ2v) is 6.88. The van der Waals surface area contributed by atoms with Gasteiger partial charge in [-0.25, -0.2) is 9.78 Å². The molecule has 2 heterocycles. The van der Waals surface area contributed by atoms with Gasteiger partial charge < -0.3 is 20.3 Å². The van der Waals surface area contributed by atoms with E-state index in [1.807, 2.05) is 36.0 Å². The zero-order chi connectivity index (χ0) is 17.5. The first kappa shape index (κ1) is 17.4. The highest BCUT2D eigenvalue weighted by Crippen LogP contribution is 2.18. The second-order valence-electron chi connectivity index (χ2n) is 5.66. The molecule has 1 aliphatic rings. The maximum Gasteiger partial charge on any atom is 0.319 e. The number of thioether (sulfide) groups is 1. The highest BCUT2D eigenvalue weighted by atomic mass is 32.2. The molecule has 1 aromatic heterocycles. The monoisotopic (exact) mass is 358 g/mol. The summed E-state index contributed by atoms with van der Waals surface area (Å²) in [4.78, 5) is 18.8. The van der Waals surface area contributed by atoms with Crippen LogP contribution >= 0.6 is 11.8 Å². The number of benzene rings is 1. The Morgan fingerprint density at radius 2 is 2.00 bits per heavy atom. The third-order valence-corrected chi connectivity index (χ3v) is 4.89. The lowest BCUT2D eigenvalue weighted by Gasteiger charge is -2.27. The first-order valence-corrected chi connectivity index (χ1v) is 9.36. The molecule has 1 saturated heterocycles. The summed E-state index contributed by atoms with van der Waals surface area (Å²) in [5, 5.41) is 5.68. The highest BCUT2D eigenvalue weighted by molar-refractivity contribution is 7.99. The zero-order valence-corrected chi connectivity index (χ0v) is 15.0. The molecule has 2 aromatic rings. The van der Waals surface area contributed by atoms with Crippen molar-refractivity contribution in [1.82, 2.24) is 10.3 Å². The quantitative estimate of drug-likeness (QED) is 0.860. The van der Waals surface area contributed by atoms with Crippen molar-refractivity contribution >= 4 is 29.3 Å². The number of methoxy groups -OCH3 is 1. The van der Waals surface area contributed by atoms with Gasteiger partial charge in [0.25, 0.3) is 0 Å². The summed E-state index contributed by atoms with van der Waals surface area (Å²) >= 11 is 1.97. The van der Waals surface area contributed by atoms with Crippen molar-refractivity contribution in [1.29, 1.82) is 0 Å². The lowest BCUT2D eigenvalue weighted by molar-refractivity contribution is 0.251. The molecule has 0 saturated carbocycles. The topological polar surface area (TPSA) is 66.5 Å². The van der Waals surface area contributed by atoms with E-state index < -0.39 is 0 Å². The molecule has 0 aliphatic carbocycles. The van der Waals surface area contributed by atoms with Gasteiger partial charge in [0.2, 0.25) is 0 Å². The number of rotatable bonds is 5. The van der Waals surface area contributed by atoms with Crippen LogP contribution in [0.5, 0.6) is 5.75 Å². The van der Waals surface area contributed by atoms with Crippen LogP contribution in [0.2, 0.25) is 0 Å². The Hall–Kier alpha value is -2.41. The number of aromatic nitrogens is 1. The van der Waals surface area contributed by atoms with Crippen LogP contribution < -0.4 is 20.3 Å². The second kappa shape index (κ2) is 8.62. The molecule has 2 amide bonds. The molecule has 1 fully saturated rings. The highest BCUT2D eigenvalue weighted by Gasteiger charge is 2.12. The molecule has 0 bridgehead atoms. The molecule has 3 rings (SSSR count). The first-order valence-electron chi connectivity index (χ1n) is 8.21. The van der Waals surface area contributed by atoms with Crippen molar-refractivity contribution in [2.75, 3.05) is 41.9 Å². The summed E-state index contributed by atoms with van der Waals surface area (Å²) in [5.41, 5.74) is 1.76. The summed E-state index contributed by atoms with van der Waals surface area (Å²) in [6.07, 6.45) is 1.80. The van der Waals surface area contributed by atoms with E-state index >= 15 is 0 Å². The van der Waals surface area contributed by atoms with E-state index in [-0.39, 0.29) is 6.03 Å². The fourth-order valence-corrected chi connectivity index (χ4v) is 3.47. The SMILES string of the molecule is COc1ccc(NC(=O)NCc2ccnc(N3CCSCC3)c2)cc1. The average Bonchev–Trinajstić information content (AvgIpc) is 2.68. The van der Waals surface area contributed by atoms with Gasteiger partial charge in [0, 0.05) is 43.0 Å². The lowest BCUT2D eigenvalue weighted by atomic mass is 10.2. The maximum absolute atomic E-state index is 12.0. The van der Waals surface area contributed by atoms with Crippen LogP contribution in [0.3, 0.4) is 0 Å².